The quantitative estimate of drug-likeness (QED) is 0.428. The van der Waals surface area contributed by atoms with Crippen LogP contribution in [0.1, 0.15) is 44.1 Å². The standard InChI is InChI=1S/C32H37N3O6/c1-2-39-30-24(12-8-18-36)25(26-20-40-27-13-7-6-11-23(26)27)19-28(41-30)29(37)34-16-14-32(15-17-34)31(38)33-21-35(32)22-9-4-3-5-10-22/h3-7,9-11,13,19-20,24-25,30,36H,2,8,12,14-18,21H2,1H3,(H,33,38)/t24-,25-,30+/m0/s1. The monoisotopic (exact) mass is 559 g/mol. The Morgan fingerprint density at radius 3 is 2.63 bits per heavy atom. The summed E-state index contributed by atoms with van der Waals surface area (Å²) in [5.74, 6) is -0.236. The van der Waals surface area contributed by atoms with Gasteiger partial charge in [0, 0.05) is 54.8 Å². The molecule has 3 aliphatic heterocycles. The zero-order valence-electron chi connectivity index (χ0n) is 23.3. The molecule has 1 aromatic heterocycles. The fraction of sp³-hybridized carbons (Fsp3) is 0.438. The summed E-state index contributed by atoms with van der Waals surface area (Å²) < 4.78 is 18.2. The van der Waals surface area contributed by atoms with Gasteiger partial charge in [-0.1, -0.05) is 36.4 Å². The Kier molecular flexibility index (Phi) is 7.73. The largest absolute Gasteiger partial charge is 0.464 e. The second-order valence-electron chi connectivity index (χ2n) is 11.0. The number of aliphatic hydroxyl groups excluding tert-OH is 1. The molecule has 3 atom stereocenters. The second kappa shape index (κ2) is 11.6. The van der Waals surface area contributed by atoms with E-state index < -0.39 is 11.8 Å². The molecule has 2 fully saturated rings. The number of carbonyl (C=O) groups is 2. The van der Waals surface area contributed by atoms with Gasteiger partial charge in [-0.3, -0.25) is 9.59 Å². The van der Waals surface area contributed by atoms with Crippen LogP contribution in [0.3, 0.4) is 0 Å². The van der Waals surface area contributed by atoms with Crippen molar-refractivity contribution in [2.45, 2.75) is 50.4 Å². The first-order valence-electron chi connectivity index (χ1n) is 14.5. The lowest BCUT2D eigenvalue weighted by molar-refractivity contribution is -0.171. The van der Waals surface area contributed by atoms with Crippen LogP contribution in [0.25, 0.3) is 11.0 Å². The minimum Gasteiger partial charge on any atom is -0.464 e. The second-order valence-corrected chi connectivity index (χ2v) is 11.0. The van der Waals surface area contributed by atoms with Crippen molar-refractivity contribution in [3.63, 3.8) is 0 Å². The van der Waals surface area contributed by atoms with E-state index in [1.165, 1.54) is 0 Å². The molecule has 0 unspecified atom stereocenters. The third kappa shape index (κ3) is 4.97. The van der Waals surface area contributed by atoms with E-state index in [1.807, 2.05) is 67.6 Å². The lowest BCUT2D eigenvalue weighted by Gasteiger charge is -2.44. The molecule has 2 amide bonds. The molecule has 0 aliphatic carbocycles. The number of piperidine rings is 1. The number of para-hydroxylation sites is 2. The van der Waals surface area contributed by atoms with E-state index in [1.54, 1.807) is 11.2 Å². The summed E-state index contributed by atoms with van der Waals surface area (Å²) >= 11 is 0. The lowest BCUT2D eigenvalue weighted by atomic mass is 9.80. The number of aliphatic hydroxyl groups is 1. The number of amides is 2. The van der Waals surface area contributed by atoms with E-state index in [2.05, 4.69) is 10.2 Å². The summed E-state index contributed by atoms with van der Waals surface area (Å²) in [6, 6.07) is 17.8. The molecule has 9 heteroatoms. The van der Waals surface area contributed by atoms with Gasteiger partial charge in [-0.15, -0.1) is 0 Å². The average molecular weight is 560 g/mol. The van der Waals surface area contributed by atoms with Crippen molar-refractivity contribution in [1.29, 1.82) is 0 Å². The Morgan fingerprint density at radius 2 is 1.88 bits per heavy atom. The Hall–Kier alpha value is -3.82. The van der Waals surface area contributed by atoms with Gasteiger partial charge in [0.05, 0.1) is 12.9 Å². The number of nitrogens with zero attached hydrogens (tertiary/aromatic N) is 2. The number of likely N-dealkylation sites (tertiary alicyclic amines) is 1. The zero-order chi connectivity index (χ0) is 28.4. The van der Waals surface area contributed by atoms with Gasteiger partial charge in [-0.2, -0.15) is 0 Å². The first-order chi connectivity index (χ1) is 20.1. The van der Waals surface area contributed by atoms with Gasteiger partial charge in [0.1, 0.15) is 11.1 Å². The molecule has 6 rings (SSSR count). The number of nitrogens with one attached hydrogen (secondary N) is 1. The SMILES string of the molecule is CCO[C@@H]1OC(C(=O)N2CCC3(CC2)C(=O)NCN3c2ccccc2)=C[C@H](c2coc3ccccc23)[C@@H]1CCCO. The van der Waals surface area contributed by atoms with E-state index >= 15 is 0 Å². The van der Waals surface area contributed by atoms with Crippen LogP contribution in [0.15, 0.2) is 77.1 Å². The maximum atomic E-state index is 13.9. The number of ether oxygens (including phenoxy) is 2. The van der Waals surface area contributed by atoms with Crippen LogP contribution in [-0.2, 0) is 19.1 Å². The Morgan fingerprint density at radius 1 is 1.12 bits per heavy atom. The summed E-state index contributed by atoms with van der Waals surface area (Å²) in [6.45, 7) is 3.72. The molecule has 1 spiro atoms. The van der Waals surface area contributed by atoms with Gasteiger partial charge in [0.2, 0.25) is 12.2 Å². The fourth-order valence-corrected chi connectivity index (χ4v) is 6.64. The maximum Gasteiger partial charge on any atom is 0.288 e. The van der Waals surface area contributed by atoms with Crippen LogP contribution in [0, 0.1) is 5.92 Å². The predicted molar refractivity (Wildman–Crippen MR) is 154 cm³/mol. The molecule has 2 aromatic carbocycles. The van der Waals surface area contributed by atoms with Crippen molar-refractivity contribution >= 4 is 28.5 Å². The van der Waals surface area contributed by atoms with Crippen LogP contribution in [0.5, 0.6) is 0 Å². The van der Waals surface area contributed by atoms with Crippen molar-refractivity contribution in [3.8, 4) is 0 Å². The minimum atomic E-state index is -0.679. The van der Waals surface area contributed by atoms with E-state index in [0.29, 0.717) is 52.0 Å². The number of benzene rings is 2. The molecule has 216 valence electrons. The number of allylic oxidation sites excluding steroid dienone is 1. The predicted octanol–water partition coefficient (Wildman–Crippen LogP) is 4.14. The number of hydrogen-bond donors (Lipinski definition) is 2. The van der Waals surface area contributed by atoms with Crippen molar-refractivity contribution in [2.24, 2.45) is 5.92 Å². The first-order valence-corrected chi connectivity index (χ1v) is 14.5. The number of fused-ring (bicyclic) bond motifs is 1. The summed E-state index contributed by atoms with van der Waals surface area (Å²) in [5, 5.41) is 13.6. The topological polar surface area (TPSA) is 104 Å². The molecule has 0 bridgehead atoms. The molecule has 4 heterocycles. The average Bonchev–Trinajstić information content (AvgIpc) is 3.58. The van der Waals surface area contributed by atoms with Gasteiger partial charge >= 0.3 is 0 Å². The Bertz CT molecular complexity index is 1410. The summed E-state index contributed by atoms with van der Waals surface area (Å²) in [6.07, 6.45) is 5.33. The summed E-state index contributed by atoms with van der Waals surface area (Å²) in [5.41, 5.74) is 2.07. The number of anilines is 1. The third-order valence-electron chi connectivity index (χ3n) is 8.77. The van der Waals surface area contributed by atoms with Crippen molar-refractivity contribution in [2.75, 3.05) is 37.9 Å². The third-order valence-corrected chi connectivity index (χ3v) is 8.77. The van der Waals surface area contributed by atoms with Crippen LogP contribution >= 0.6 is 0 Å². The van der Waals surface area contributed by atoms with Crippen LogP contribution in [-0.4, -0.2) is 66.6 Å². The smallest absolute Gasteiger partial charge is 0.288 e. The molecule has 2 saturated heterocycles. The van der Waals surface area contributed by atoms with Crippen LogP contribution in [0.2, 0.25) is 0 Å². The Labute approximate surface area is 239 Å². The zero-order valence-corrected chi connectivity index (χ0v) is 23.3. The minimum absolute atomic E-state index is 0.0108. The normalized spacial score (nSPS) is 23.9. The molecule has 3 aliphatic rings. The van der Waals surface area contributed by atoms with Crippen LogP contribution in [0.4, 0.5) is 5.69 Å². The van der Waals surface area contributed by atoms with Crippen molar-refractivity contribution in [3.05, 3.63) is 78.3 Å². The summed E-state index contributed by atoms with van der Waals surface area (Å²) in [7, 11) is 0. The highest BCUT2D eigenvalue weighted by Gasteiger charge is 2.51. The van der Waals surface area contributed by atoms with Gasteiger partial charge in [-0.05, 0) is 56.9 Å². The van der Waals surface area contributed by atoms with Gasteiger partial charge in [0.25, 0.3) is 5.91 Å². The molecule has 2 N–H and O–H groups in total. The molecular formula is C32H37N3O6. The van der Waals surface area contributed by atoms with Crippen molar-refractivity contribution < 1.29 is 28.6 Å². The number of rotatable bonds is 8. The summed E-state index contributed by atoms with van der Waals surface area (Å²) in [4.78, 5) is 30.9. The van der Waals surface area contributed by atoms with E-state index in [4.69, 9.17) is 13.9 Å². The molecule has 0 radical (unpaired) electrons. The van der Waals surface area contributed by atoms with E-state index in [9.17, 15) is 14.7 Å². The molecule has 9 nitrogen and oxygen atoms in total. The van der Waals surface area contributed by atoms with Gasteiger partial charge in [0.15, 0.2) is 5.76 Å². The van der Waals surface area contributed by atoms with E-state index in [-0.39, 0.29) is 36.0 Å². The molecular weight excluding hydrogens is 522 g/mol. The lowest BCUT2D eigenvalue weighted by Crippen LogP contribution is -2.57. The van der Waals surface area contributed by atoms with Gasteiger partial charge in [-0.25, -0.2) is 0 Å². The Balaban J connectivity index is 1.27. The van der Waals surface area contributed by atoms with Crippen LogP contribution < -0.4 is 10.2 Å². The fourth-order valence-electron chi connectivity index (χ4n) is 6.64. The van der Waals surface area contributed by atoms with E-state index in [0.717, 1.165) is 22.2 Å². The molecule has 41 heavy (non-hydrogen) atoms. The number of furan rings is 1. The highest BCUT2D eigenvalue weighted by molar-refractivity contribution is 5.95. The van der Waals surface area contributed by atoms with Gasteiger partial charge < -0.3 is 34.1 Å². The maximum absolute atomic E-state index is 13.9. The highest BCUT2D eigenvalue weighted by atomic mass is 16.7. The number of carbonyl (C=O) groups excluding carboxylic acids is 2. The van der Waals surface area contributed by atoms with Crippen molar-refractivity contribution in [1.82, 2.24) is 10.2 Å². The highest BCUT2D eigenvalue weighted by Crippen LogP contribution is 2.43. The molecule has 0 saturated carbocycles. The first kappa shape index (κ1) is 27.4. The number of hydrogen-bond acceptors (Lipinski definition) is 7. The molecule has 3 aromatic rings.